The van der Waals surface area contributed by atoms with Gasteiger partial charge in [0.05, 0.1) is 5.39 Å². The number of carboxylic acids is 1. The highest BCUT2D eigenvalue weighted by Crippen LogP contribution is 2.34. The van der Waals surface area contributed by atoms with E-state index in [0.717, 1.165) is 17.6 Å². The van der Waals surface area contributed by atoms with E-state index in [1.165, 1.54) is 6.07 Å². The smallest absolute Gasteiger partial charge is 0.353 e. The number of aliphatic hydroxyl groups is 1. The molecule has 1 unspecified atom stereocenters. The third-order valence-electron chi connectivity index (χ3n) is 4.60. The Morgan fingerprint density at radius 2 is 1.93 bits per heavy atom. The number of hydrogen-bond acceptors (Lipinski definition) is 5. The van der Waals surface area contributed by atoms with Crippen LogP contribution in [0.15, 0.2) is 57.7 Å². The fraction of sp³-hybridized carbons (Fsp3) is 0.143. The minimum absolute atomic E-state index is 0.0759. The first-order valence-electron chi connectivity index (χ1n) is 8.56. The van der Waals surface area contributed by atoms with Crippen LogP contribution in [0.5, 0.6) is 0 Å². The zero-order chi connectivity index (χ0) is 19.0. The Bertz CT molecular complexity index is 1110. The summed E-state index contributed by atoms with van der Waals surface area (Å²) in [6.07, 6.45) is 1.63. The van der Waals surface area contributed by atoms with E-state index >= 15 is 0 Å². The predicted molar refractivity (Wildman–Crippen MR) is 102 cm³/mol. The van der Waals surface area contributed by atoms with Crippen molar-refractivity contribution in [2.24, 2.45) is 0 Å². The molecule has 1 atom stereocenters. The first kappa shape index (κ1) is 17.1. The molecule has 4 rings (SSSR count). The Balaban J connectivity index is 1.79. The molecule has 0 radical (unpaired) electrons. The van der Waals surface area contributed by atoms with Crippen LogP contribution in [0.25, 0.3) is 22.6 Å². The number of carbonyl (C=O) groups is 1. The third kappa shape index (κ3) is 3.22. The fourth-order valence-electron chi connectivity index (χ4n) is 3.29. The van der Waals surface area contributed by atoms with Gasteiger partial charge < -0.3 is 19.9 Å². The van der Waals surface area contributed by atoms with E-state index in [-0.39, 0.29) is 5.43 Å². The second kappa shape index (κ2) is 6.74. The lowest BCUT2D eigenvalue weighted by molar-refractivity contribution is -0.145. The van der Waals surface area contributed by atoms with Gasteiger partial charge in [0, 0.05) is 17.3 Å². The molecule has 2 aromatic carbocycles. The van der Waals surface area contributed by atoms with Gasteiger partial charge in [-0.2, -0.15) is 0 Å². The fourth-order valence-corrected chi connectivity index (χ4v) is 3.29. The van der Waals surface area contributed by atoms with Gasteiger partial charge in [0.1, 0.15) is 11.3 Å². The molecule has 136 valence electrons. The van der Waals surface area contributed by atoms with Gasteiger partial charge >= 0.3 is 5.97 Å². The largest absolute Gasteiger partial charge is 0.478 e. The second-order valence-corrected chi connectivity index (χ2v) is 6.42. The van der Waals surface area contributed by atoms with Gasteiger partial charge in [-0.25, -0.2) is 4.79 Å². The number of benzene rings is 2. The molecule has 0 saturated heterocycles. The number of nitrogens with one attached hydrogen (secondary N) is 1. The van der Waals surface area contributed by atoms with Crippen LogP contribution in [0, 0.1) is 0 Å². The number of hydrogen-bond donors (Lipinski definition) is 3. The quantitative estimate of drug-likeness (QED) is 0.616. The van der Waals surface area contributed by atoms with Crippen molar-refractivity contribution in [3.8, 4) is 0 Å². The Labute approximate surface area is 154 Å². The highest BCUT2D eigenvalue weighted by molar-refractivity contribution is 5.88. The van der Waals surface area contributed by atoms with Gasteiger partial charge in [-0.1, -0.05) is 30.3 Å². The Hall–Kier alpha value is -3.38. The maximum absolute atomic E-state index is 12.8. The molecule has 1 aromatic heterocycles. The lowest BCUT2D eigenvalue weighted by Gasteiger charge is -2.10. The molecule has 0 fully saturated rings. The van der Waals surface area contributed by atoms with Crippen molar-refractivity contribution in [3.05, 3.63) is 75.6 Å². The summed E-state index contributed by atoms with van der Waals surface area (Å²) in [7, 11) is 0. The van der Waals surface area contributed by atoms with Crippen LogP contribution in [-0.4, -0.2) is 22.4 Å². The Morgan fingerprint density at radius 3 is 2.67 bits per heavy atom. The number of fused-ring (bicyclic) bond motifs is 2. The van der Waals surface area contributed by atoms with Crippen LogP contribution < -0.4 is 10.7 Å². The zero-order valence-electron chi connectivity index (χ0n) is 14.3. The Kier molecular flexibility index (Phi) is 4.25. The lowest BCUT2D eigenvalue weighted by Crippen LogP contribution is -2.28. The van der Waals surface area contributed by atoms with Crippen molar-refractivity contribution in [1.29, 1.82) is 0 Å². The molecule has 1 aliphatic rings. The average molecular weight is 363 g/mol. The minimum atomic E-state index is -1.74. The topological polar surface area (TPSA) is 99.8 Å². The van der Waals surface area contributed by atoms with E-state index in [1.54, 1.807) is 12.1 Å². The molecule has 27 heavy (non-hydrogen) atoms. The number of allylic oxidation sites excluding steroid dienone is 1. The van der Waals surface area contributed by atoms with Gasteiger partial charge in [0.15, 0.2) is 5.43 Å². The van der Waals surface area contributed by atoms with E-state index in [1.807, 2.05) is 36.4 Å². The van der Waals surface area contributed by atoms with Crippen LogP contribution in [0.1, 0.15) is 23.3 Å². The number of carboxylic acid groups (broad SMARTS) is 1. The summed E-state index contributed by atoms with van der Waals surface area (Å²) in [6, 6.07) is 14.5. The molecule has 6 heteroatoms. The van der Waals surface area contributed by atoms with Gasteiger partial charge in [0.2, 0.25) is 6.23 Å². The molecule has 0 bridgehead atoms. The highest BCUT2D eigenvalue weighted by atomic mass is 16.4. The maximum atomic E-state index is 12.8. The van der Waals surface area contributed by atoms with Crippen molar-refractivity contribution < 1.29 is 19.4 Å². The van der Waals surface area contributed by atoms with Crippen molar-refractivity contribution >= 4 is 34.3 Å². The molecule has 0 amide bonds. The van der Waals surface area contributed by atoms with Crippen LogP contribution in [0.3, 0.4) is 0 Å². The normalized spacial score (nSPS) is 15.7. The molecular formula is C21H17NO5. The molecular weight excluding hydrogens is 346 g/mol. The predicted octanol–water partition coefficient (Wildman–Crippen LogP) is 3.09. The number of aliphatic hydroxyl groups excluding tert-OH is 1. The molecule has 3 aromatic rings. The summed E-state index contributed by atoms with van der Waals surface area (Å²) >= 11 is 0. The van der Waals surface area contributed by atoms with E-state index < -0.39 is 12.2 Å². The monoisotopic (exact) mass is 363 g/mol. The zero-order valence-corrected chi connectivity index (χ0v) is 14.3. The summed E-state index contributed by atoms with van der Waals surface area (Å²) in [6.45, 7) is 0. The van der Waals surface area contributed by atoms with Crippen LogP contribution in [-0.2, 0) is 11.2 Å². The summed E-state index contributed by atoms with van der Waals surface area (Å²) in [5.41, 5.74) is 3.28. The van der Waals surface area contributed by atoms with E-state index in [4.69, 9.17) is 9.52 Å². The molecule has 6 nitrogen and oxygen atoms in total. The van der Waals surface area contributed by atoms with Crippen molar-refractivity contribution in [2.75, 3.05) is 5.32 Å². The number of aliphatic carboxylic acids is 1. The van der Waals surface area contributed by atoms with Gasteiger partial charge in [0.25, 0.3) is 0 Å². The van der Waals surface area contributed by atoms with Crippen LogP contribution in [0.2, 0.25) is 0 Å². The van der Waals surface area contributed by atoms with Crippen molar-refractivity contribution in [3.63, 3.8) is 0 Å². The lowest BCUT2D eigenvalue weighted by atomic mass is 10.1. The highest BCUT2D eigenvalue weighted by Gasteiger charge is 2.24. The van der Waals surface area contributed by atoms with E-state index in [9.17, 15) is 14.7 Å². The van der Waals surface area contributed by atoms with Gasteiger partial charge in [-0.05, 0) is 42.2 Å². The van der Waals surface area contributed by atoms with Gasteiger partial charge in [-0.15, -0.1) is 0 Å². The molecule has 0 spiro atoms. The van der Waals surface area contributed by atoms with Crippen LogP contribution in [0.4, 0.5) is 5.69 Å². The van der Waals surface area contributed by atoms with Crippen molar-refractivity contribution in [1.82, 2.24) is 0 Å². The van der Waals surface area contributed by atoms with E-state index in [0.29, 0.717) is 34.4 Å². The SMILES string of the molecule is O=C(O)C(O)Nc1ccc2c(=O)c3c(oc2c1)C(=Cc1ccccc1)CC3. The van der Waals surface area contributed by atoms with E-state index in [2.05, 4.69) is 5.32 Å². The average Bonchev–Trinajstić information content (AvgIpc) is 3.05. The minimum Gasteiger partial charge on any atom is -0.478 e. The summed E-state index contributed by atoms with van der Waals surface area (Å²) < 4.78 is 6.02. The molecule has 0 saturated carbocycles. The maximum Gasteiger partial charge on any atom is 0.353 e. The summed E-state index contributed by atoms with van der Waals surface area (Å²) in [5, 5.41) is 21.2. The first-order valence-corrected chi connectivity index (χ1v) is 8.56. The van der Waals surface area contributed by atoms with Gasteiger partial charge in [-0.3, -0.25) is 4.79 Å². The molecule has 0 aliphatic heterocycles. The molecule has 1 heterocycles. The summed E-state index contributed by atoms with van der Waals surface area (Å²) in [4.78, 5) is 23.6. The van der Waals surface area contributed by atoms with Crippen molar-refractivity contribution in [2.45, 2.75) is 19.1 Å². The standard InChI is InChI=1S/C21H17NO5/c23-18-15-9-7-14(22-20(24)21(25)26)11-17(15)27-19-13(6-8-16(18)19)10-12-4-2-1-3-5-12/h1-5,7,9-11,20,22,24H,6,8H2,(H,25,26). The third-order valence-corrected chi connectivity index (χ3v) is 4.60. The molecule has 3 N–H and O–H groups in total. The number of anilines is 1. The summed E-state index contributed by atoms with van der Waals surface area (Å²) in [5.74, 6) is -0.814. The Morgan fingerprint density at radius 1 is 1.15 bits per heavy atom. The second-order valence-electron chi connectivity index (χ2n) is 6.42. The number of rotatable bonds is 4. The molecule has 1 aliphatic carbocycles. The first-order chi connectivity index (χ1) is 13.0. The van der Waals surface area contributed by atoms with Crippen LogP contribution >= 0.6 is 0 Å².